The van der Waals surface area contributed by atoms with Crippen LogP contribution in [0.4, 0.5) is 0 Å². The topological polar surface area (TPSA) is 43.6 Å². The van der Waals surface area contributed by atoms with Gasteiger partial charge in [-0.3, -0.25) is 0 Å². The molecule has 0 radical (unpaired) electrons. The van der Waals surface area contributed by atoms with Gasteiger partial charge >= 0.3 is 0 Å². The van der Waals surface area contributed by atoms with Crippen molar-refractivity contribution >= 4 is 21.8 Å². The van der Waals surface area contributed by atoms with Crippen molar-refractivity contribution in [2.24, 2.45) is 0 Å². The van der Waals surface area contributed by atoms with E-state index in [1.807, 2.05) is 36.4 Å². The van der Waals surface area contributed by atoms with Crippen LogP contribution in [0.2, 0.25) is 0 Å². The molecule has 0 amide bonds. The zero-order valence-corrected chi connectivity index (χ0v) is 27.0. The number of aromatic nitrogens is 4. The second-order valence-corrected chi connectivity index (χ2v) is 13.2. The zero-order valence-electron chi connectivity index (χ0n) is 27.0. The first kappa shape index (κ1) is 27.3. The lowest BCUT2D eigenvalue weighted by Crippen LogP contribution is -2.33. The molecule has 3 heterocycles. The maximum atomic E-state index is 5.13. The lowest BCUT2D eigenvalue weighted by molar-refractivity contribution is 0.748. The Morgan fingerprint density at radius 1 is 0.380 bits per heavy atom. The van der Waals surface area contributed by atoms with E-state index in [-0.39, 0.29) is 0 Å². The predicted molar refractivity (Wildman–Crippen MR) is 201 cm³/mol. The third kappa shape index (κ3) is 3.57. The van der Waals surface area contributed by atoms with Gasteiger partial charge in [0, 0.05) is 27.5 Å². The molecule has 11 rings (SSSR count). The van der Waals surface area contributed by atoms with Gasteiger partial charge in [0.2, 0.25) is 0 Å². The molecule has 1 spiro atoms. The highest BCUT2D eigenvalue weighted by Gasteiger charge is 2.50. The van der Waals surface area contributed by atoms with Gasteiger partial charge in [-0.1, -0.05) is 152 Å². The van der Waals surface area contributed by atoms with Crippen LogP contribution in [0.3, 0.4) is 0 Å². The summed E-state index contributed by atoms with van der Waals surface area (Å²) < 4.78 is 2.48. The minimum atomic E-state index is -0.542. The Labute approximate surface area is 289 Å². The number of para-hydroxylation sites is 3. The summed E-state index contributed by atoms with van der Waals surface area (Å²) in [5.74, 6) is 1.97. The normalized spacial score (nSPS) is 15.3. The summed E-state index contributed by atoms with van der Waals surface area (Å²) in [4.78, 5) is 15.2. The van der Waals surface area contributed by atoms with E-state index in [1.165, 1.54) is 60.9 Å². The Hall–Kier alpha value is -6.65. The molecule has 1 aliphatic heterocycles. The number of rotatable bonds is 3. The number of hydrogen-bond donors (Lipinski definition) is 0. The second-order valence-electron chi connectivity index (χ2n) is 13.2. The summed E-state index contributed by atoms with van der Waals surface area (Å²) in [6, 6.07) is 60.7. The highest BCUT2D eigenvalue weighted by atomic mass is 15.0. The Morgan fingerprint density at radius 3 is 1.70 bits per heavy atom. The SMILES string of the molecule is c1ccc(-c2nc(-c3ccccc3)nc(-c3ccc4c(c3)C3(c5ccccc5-4)c4ccccc4-n4c5ccccc5c5cccc3c54)n2)cc1. The fourth-order valence-electron chi connectivity index (χ4n) is 8.64. The van der Waals surface area contributed by atoms with Gasteiger partial charge in [0.15, 0.2) is 17.5 Å². The van der Waals surface area contributed by atoms with E-state index in [4.69, 9.17) is 15.0 Å². The molecule has 50 heavy (non-hydrogen) atoms. The van der Waals surface area contributed by atoms with E-state index in [2.05, 4.69) is 138 Å². The van der Waals surface area contributed by atoms with E-state index in [0.717, 1.165) is 16.7 Å². The molecule has 1 unspecified atom stereocenters. The summed E-state index contributed by atoms with van der Waals surface area (Å²) in [6.45, 7) is 0. The van der Waals surface area contributed by atoms with Crippen molar-refractivity contribution in [1.82, 2.24) is 19.5 Å². The van der Waals surface area contributed by atoms with Crippen LogP contribution in [-0.2, 0) is 5.41 Å². The number of benzene rings is 7. The van der Waals surface area contributed by atoms with Gasteiger partial charge in [-0.2, -0.15) is 0 Å². The molecule has 0 fully saturated rings. The van der Waals surface area contributed by atoms with E-state index in [9.17, 15) is 0 Å². The summed E-state index contributed by atoms with van der Waals surface area (Å²) in [6.07, 6.45) is 0. The molecular weight excluding hydrogens is 609 g/mol. The van der Waals surface area contributed by atoms with Gasteiger partial charge in [-0.15, -0.1) is 0 Å². The average molecular weight is 637 g/mol. The molecule has 2 aromatic heterocycles. The highest BCUT2D eigenvalue weighted by molar-refractivity contribution is 6.12. The van der Waals surface area contributed by atoms with Crippen molar-refractivity contribution in [2.45, 2.75) is 5.41 Å². The minimum absolute atomic E-state index is 0.542. The molecule has 4 nitrogen and oxygen atoms in total. The first-order chi connectivity index (χ1) is 24.8. The highest BCUT2D eigenvalue weighted by Crippen LogP contribution is 2.61. The van der Waals surface area contributed by atoms with Crippen molar-refractivity contribution in [3.63, 3.8) is 0 Å². The van der Waals surface area contributed by atoms with Crippen LogP contribution < -0.4 is 0 Å². The smallest absolute Gasteiger partial charge is 0.164 e. The average Bonchev–Trinajstić information content (AvgIpc) is 3.69. The van der Waals surface area contributed by atoms with Crippen LogP contribution in [0.25, 0.3) is 72.8 Å². The number of fused-ring (bicyclic) bond motifs is 12. The minimum Gasteiger partial charge on any atom is -0.309 e. The molecule has 9 aromatic rings. The van der Waals surface area contributed by atoms with Gasteiger partial charge in [-0.25, -0.2) is 15.0 Å². The molecule has 0 bridgehead atoms. The molecule has 1 aliphatic carbocycles. The quantitative estimate of drug-likeness (QED) is 0.194. The van der Waals surface area contributed by atoms with E-state index < -0.39 is 5.41 Å². The predicted octanol–water partition coefficient (Wildman–Crippen LogP) is 10.6. The fraction of sp³-hybridized carbons (Fsp3) is 0.0217. The Balaban J connectivity index is 1.24. The number of hydrogen-bond acceptors (Lipinski definition) is 3. The summed E-state index contributed by atoms with van der Waals surface area (Å²) >= 11 is 0. The first-order valence-corrected chi connectivity index (χ1v) is 17.0. The van der Waals surface area contributed by atoms with Crippen LogP contribution >= 0.6 is 0 Å². The molecule has 4 heteroatoms. The lowest BCUT2D eigenvalue weighted by atomic mass is 9.65. The molecule has 1 atom stereocenters. The van der Waals surface area contributed by atoms with Gasteiger partial charge < -0.3 is 4.57 Å². The Morgan fingerprint density at radius 2 is 0.940 bits per heavy atom. The van der Waals surface area contributed by atoms with Crippen molar-refractivity contribution in [1.29, 1.82) is 0 Å². The second kappa shape index (κ2) is 10.2. The molecule has 0 N–H and O–H groups in total. The van der Waals surface area contributed by atoms with Crippen LogP contribution in [0.15, 0.2) is 170 Å². The van der Waals surface area contributed by atoms with Crippen molar-refractivity contribution < 1.29 is 0 Å². The summed E-state index contributed by atoms with van der Waals surface area (Å²) in [5, 5.41) is 2.54. The summed E-state index contributed by atoms with van der Waals surface area (Å²) in [5.41, 5.74) is 13.6. The first-order valence-electron chi connectivity index (χ1n) is 17.0. The van der Waals surface area contributed by atoms with Gasteiger partial charge in [0.05, 0.1) is 22.1 Å². The third-order valence-corrected chi connectivity index (χ3v) is 10.7. The van der Waals surface area contributed by atoms with Crippen molar-refractivity contribution in [2.75, 3.05) is 0 Å². The molecular formula is C46H28N4. The Bertz CT molecular complexity index is 2760. The van der Waals surface area contributed by atoms with E-state index in [0.29, 0.717) is 17.5 Å². The zero-order chi connectivity index (χ0) is 32.8. The maximum absolute atomic E-state index is 5.13. The van der Waals surface area contributed by atoms with Crippen LogP contribution in [0, 0.1) is 0 Å². The van der Waals surface area contributed by atoms with Gasteiger partial charge in [0.1, 0.15) is 0 Å². The third-order valence-electron chi connectivity index (χ3n) is 10.7. The van der Waals surface area contributed by atoms with E-state index in [1.54, 1.807) is 0 Å². The van der Waals surface area contributed by atoms with Gasteiger partial charge in [-0.05, 0) is 51.6 Å². The van der Waals surface area contributed by atoms with Crippen LogP contribution in [-0.4, -0.2) is 19.5 Å². The van der Waals surface area contributed by atoms with Crippen LogP contribution in [0.5, 0.6) is 0 Å². The molecule has 2 aliphatic rings. The molecule has 232 valence electrons. The van der Waals surface area contributed by atoms with Crippen molar-refractivity contribution in [3.8, 4) is 51.0 Å². The molecule has 7 aromatic carbocycles. The molecule has 0 saturated heterocycles. The van der Waals surface area contributed by atoms with Crippen molar-refractivity contribution in [3.05, 3.63) is 192 Å². The fourth-order valence-corrected chi connectivity index (χ4v) is 8.64. The monoisotopic (exact) mass is 636 g/mol. The standard InChI is InChI=1S/C46H28N4/c1-3-14-29(15-4-1)43-47-44(30-16-5-2-6-17-30)49-45(48-43)31-26-27-33-32-18-7-9-21-36(32)46(39(33)28-31)37-22-10-12-25-41(37)50-40-24-11-8-19-34(40)35-20-13-23-38(46)42(35)50/h1-28H. The largest absolute Gasteiger partial charge is 0.309 e. The van der Waals surface area contributed by atoms with Gasteiger partial charge in [0.25, 0.3) is 0 Å². The Kier molecular flexibility index (Phi) is 5.56. The maximum Gasteiger partial charge on any atom is 0.164 e. The van der Waals surface area contributed by atoms with E-state index >= 15 is 0 Å². The molecule has 0 saturated carbocycles. The number of nitrogens with zero attached hydrogens (tertiary/aromatic N) is 4. The summed E-state index contributed by atoms with van der Waals surface area (Å²) in [7, 11) is 0. The lowest BCUT2D eigenvalue weighted by Gasteiger charge is -2.39. The van der Waals surface area contributed by atoms with Crippen LogP contribution in [0.1, 0.15) is 22.3 Å².